The highest BCUT2D eigenvalue weighted by Gasteiger charge is 2.17. The monoisotopic (exact) mass is 318 g/mol. The Morgan fingerprint density at radius 1 is 1.14 bits per heavy atom. The largest absolute Gasteiger partial charge is 0.312 e. The highest BCUT2D eigenvalue weighted by Crippen LogP contribution is 2.34. The van der Waals surface area contributed by atoms with Crippen LogP contribution in [0.3, 0.4) is 0 Å². The summed E-state index contributed by atoms with van der Waals surface area (Å²) < 4.78 is 0. The number of rotatable bonds is 1. The van der Waals surface area contributed by atoms with Crippen molar-refractivity contribution in [3.63, 3.8) is 0 Å². The lowest BCUT2D eigenvalue weighted by Crippen LogP contribution is -2.24. The first kappa shape index (κ1) is 15.9. The minimum Gasteiger partial charge on any atom is -0.312 e. The van der Waals surface area contributed by atoms with E-state index >= 15 is 0 Å². The van der Waals surface area contributed by atoms with Gasteiger partial charge in [0.1, 0.15) is 0 Å². The number of nitrogens with one attached hydrogen (secondary N) is 1. The fraction of sp³-hybridized carbons (Fsp3) is 0.235. The van der Waals surface area contributed by atoms with Crippen molar-refractivity contribution in [1.82, 2.24) is 5.32 Å². The lowest BCUT2D eigenvalue weighted by molar-refractivity contribution is 0.645. The lowest BCUT2D eigenvalue weighted by Gasteiger charge is -2.22. The standard InChI is InChI=1S/C17H15ClN2.ClH/c1-11-8-12(9-19)2-3-13(11)14-4-5-17(18)15-6-7-20-10-16(14)15;/h2-5,8,20H,6-7,10H2,1H3;1H. The van der Waals surface area contributed by atoms with E-state index in [2.05, 4.69) is 17.5 Å². The number of nitriles is 1. The molecule has 1 aliphatic rings. The molecule has 0 aromatic heterocycles. The molecule has 0 unspecified atom stereocenters. The molecule has 3 rings (SSSR count). The van der Waals surface area contributed by atoms with Gasteiger partial charge >= 0.3 is 0 Å². The molecule has 0 saturated carbocycles. The first-order valence-electron chi connectivity index (χ1n) is 6.73. The molecule has 0 aliphatic carbocycles. The van der Waals surface area contributed by atoms with Crippen molar-refractivity contribution < 1.29 is 0 Å². The van der Waals surface area contributed by atoms with E-state index in [9.17, 15) is 0 Å². The van der Waals surface area contributed by atoms with E-state index < -0.39 is 0 Å². The summed E-state index contributed by atoms with van der Waals surface area (Å²) in [5.74, 6) is 0. The van der Waals surface area contributed by atoms with Crippen LogP contribution >= 0.6 is 24.0 Å². The van der Waals surface area contributed by atoms with E-state index in [-0.39, 0.29) is 12.4 Å². The molecule has 2 nitrogen and oxygen atoms in total. The second kappa shape index (κ2) is 6.49. The Bertz CT molecular complexity index is 717. The maximum Gasteiger partial charge on any atom is 0.0991 e. The van der Waals surface area contributed by atoms with Crippen LogP contribution in [0.4, 0.5) is 0 Å². The molecular weight excluding hydrogens is 303 g/mol. The molecule has 0 fully saturated rings. The summed E-state index contributed by atoms with van der Waals surface area (Å²) >= 11 is 6.32. The van der Waals surface area contributed by atoms with Crippen LogP contribution in [0.1, 0.15) is 22.3 Å². The van der Waals surface area contributed by atoms with E-state index in [1.165, 1.54) is 22.3 Å². The summed E-state index contributed by atoms with van der Waals surface area (Å²) in [6, 6.07) is 12.1. The molecule has 21 heavy (non-hydrogen) atoms. The van der Waals surface area contributed by atoms with Crippen molar-refractivity contribution in [1.29, 1.82) is 5.26 Å². The third-order valence-electron chi connectivity index (χ3n) is 3.87. The second-order valence-corrected chi connectivity index (χ2v) is 5.53. The summed E-state index contributed by atoms with van der Waals surface area (Å²) in [7, 11) is 0. The summed E-state index contributed by atoms with van der Waals surface area (Å²) in [4.78, 5) is 0. The van der Waals surface area contributed by atoms with Crippen molar-refractivity contribution in [2.75, 3.05) is 6.54 Å². The molecule has 1 heterocycles. The zero-order chi connectivity index (χ0) is 14.1. The van der Waals surface area contributed by atoms with Crippen LogP contribution in [-0.4, -0.2) is 6.54 Å². The molecule has 0 spiro atoms. The van der Waals surface area contributed by atoms with Gasteiger partial charge < -0.3 is 5.32 Å². The van der Waals surface area contributed by atoms with Gasteiger partial charge in [0, 0.05) is 11.6 Å². The predicted molar refractivity (Wildman–Crippen MR) is 89.0 cm³/mol. The average Bonchev–Trinajstić information content (AvgIpc) is 2.48. The molecule has 1 aliphatic heterocycles. The Morgan fingerprint density at radius 3 is 2.62 bits per heavy atom. The normalized spacial score (nSPS) is 13.0. The number of hydrogen-bond donors (Lipinski definition) is 1. The van der Waals surface area contributed by atoms with E-state index in [1.54, 1.807) is 0 Å². The van der Waals surface area contributed by atoms with Gasteiger partial charge in [-0.25, -0.2) is 0 Å². The minimum absolute atomic E-state index is 0. The van der Waals surface area contributed by atoms with Gasteiger partial charge in [0.15, 0.2) is 0 Å². The fourth-order valence-corrected chi connectivity index (χ4v) is 3.12. The van der Waals surface area contributed by atoms with Crippen LogP contribution in [0.2, 0.25) is 5.02 Å². The van der Waals surface area contributed by atoms with Crippen LogP contribution in [0.5, 0.6) is 0 Å². The van der Waals surface area contributed by atoms with Gasteiger partial charge in [0.25, 0.3) is 0 Å². The molecular formula is C17H16Cl2N2. The third kappa shape index (κ3) is 2.91. The minimum atomic E-state index is 0. The number of halogens is 2. The molecule has 0 amide bonds. The molecule has 2 aromatic rings. The van der Waals surface area contributed by atoms with Crippen molar-refractivity contribution in [2.24, 2.45) is 0 Å². The summed E-state index contributed by atoms with van der Waals surface area (Å²) in [6.07, 6.45) is 0.970. The lowest BCUT2D eigenvalue weighted by atomic mass is 9.89. The zero-order valence-electron chi connectivity index (χ0n) is 11.7. The molecule has 1 N–H and O–H groups in total. The quantitative estimate of drug-likeness (QED) is 0.853. The van der Waals surface area contributed by atoms with Crippen LogP contribution in [0.15, 0.2) is 30.3 Å². The Morgan fingerprint density at radius 2 is 1.90 bits per heavy atom. The zero-order valence-corrected chi connectivity index (χ0v) is 13.3. The second-order valence-electron chi connectivity index (χ2n) is 5.12. The number of nitrogens with zero attached hydrogens (tertiary/aromatic N) is 1. The van der Waals surface area contributed by atoms with Crippen LogP contribution in [-0.2, 0) is 13.0 Å². The first-order chi connectivity index (χ1) is 9.70. The molecule has 0 bridgehead atoms. The number of fused-ring (bicyclic) bond motifs is 1. The Hall–Kier alpha value is -1.53. The van der Waals surface area contributed by atoms with Gasteiger partial charge in [0.05, 0.1) is 11.6 Å². The van der Waals surface area contributed by atoms with Crippen LogP contribution in [0.25, 0.3) is 11.1 Å². The Kier molecular flexibility index (Phi) is 4.90. The number of benzene rings is 2. The number of hydrogen-bond acceptors (Lipinski definition) is 2. The van der Waals surface area contributed by atoms with Crippen molar-refractivity contribution in [3.8, 4) is 17.2 Å². The SMILES string of the molecule is Cc1cc(C#N)ccc1-c1ccc(Cl)c2c1CNCC2.Cl. The van der Waals surface area contributed by atoms with Crippen molar-refractivity contribution in [2.45, 2.75) is 19.9 Å². The Labute approximate surface area is 136 Å². The maximum absolute atomic E-state index is 8.97. The average molecular weight is 319 g/mol. The maximum atomic E-state index is 8.97. The van der Waals surface area contributed by atoms with Gasteiger partial charge in [0.2, 0.25) is 0 Å². The third-order valence-corrected chi connectivity index (χ3v) is 4.23. The predicted octanol–water partition coefficient (Wildman–Crippen LogP) is 4.25. The molecule has 0 radical (unpaired) electrons. The van der Waals surface area contributed by atoms with Crippen LogP contribution < -0.4 is 5.32 Å². The summed E-state index contributed by atoms with van der Waals surface area (Å²) in [5, 5.41) is 13.2. The summed E-state index contributed by atoms with van der Waals surface area (Å²) in [5.41, 5.74) is 6.77. The summed E-state index contributed by atoms with van der Waals surface area (Å²) in [6.45, 7) is 3.88. The smallest absolute Gasteiger partial charge is 0.0991 e. The van der Waals surface area contributed by atoms with Gasteiger partial charge in [-0.1, -0.05) is 23.7 Å². The van der Waals surface area contributed by atoms with Gasteiger partial charge in [-0.2, -0.15) is 5.26 Å². The first-order valence-corrected chi connectivity index (χ1v) is 7.10. The van der Waals surface area contributed by atoms with Gasteiger partial charge in [-0.05, 0) is 65.9 Å². The molecule has 0 atom stereocenters. The van der Waals surface area contributed by atoms with E-state index in [0.29, 0.717) is 5.56 Å². The van der Waals surface area contributed by atoms with Crippen molar-refractivity contribution in [3.05, 3.63) is 57.6 Å². The Balaban J connectivity index is 0.00000161. The molecule has 4 heteroatoms. The molecule has 108 valence electrons. The van der Waals surface area contributed by atoms with Crippen LogP contribution in [0, 0.1) is 18.3 Å². The topological polar surface area (TPSA) is 35.8 Å². The molecule has 2 aromatic carbocycles. The van der Waals surface area contributed by atoms with Crippen molar-refractivity contribution >= 4 is 24.0 Å². The fourth-order valence-electron chi connectivity index (χ4n) is 2.85. The highest BCUT2D eigenvalue weighted by molar-refractivity contribution is 6.31. The highest BCUT2D eigenvalue weighted by atomic mass is 35.5. The van der Waals surface area contributed by atoms with Gasteiger partial charge in [-0.15, -0.1) is 12.4 Å². The number of aryl methyl sites for hydroxylation is 1. The van der Waals surface area contributed by atoms with Gasteiger partial charge in [-0.3, -0.25) is 0 Å². The van der Waals surface area contributed by atoms with E-state index in [0.717, 1.165) is 30.1 Å². The van der Waals surface area contributed by atoms with E-state index in [4.69, 9.17) is 16.9 Å². The molecule has 0 saturated heterocycles. The van der Waals surface area contributed by atoms with E-state index in [1.807, 2.05) is 31.2 Å².